The van der Waals surface area contributed by atoms with Crippen LogP contribution in [0.4, 0.5) is 0 Å². The summed E-state index contributed by atoms with van der Waals surface area (Å²) in [5, 5.41) is 0. The van der Waals surface area contributed by atoms with Crippen molar-refractivity contribution in [1.82, 2.24) is 4.31 Å². The van der Waals surface area contributed by atoms with Crippen molar-refractivity contribution >= 4 is 11.4 Å². The predicted molar refractivity (Wildman–Crippen MR) is 44.1 cm³/mol. The molecular formula is C7H15NOS. The fraction of sp³-hybridized carbons (Fsp3) is 1.00. The lowest BCUT2D eigenvalue weighted by atomic mass is 10.4. The minimum atomic E-state index is -0.662. The molecular weight excluding hydrogens is 146 g/mol. The highest BCUT2D eigenvalue weighted by molar-refractivity contribution is 7.89. The predicted octanol–water partition coefficient (Wildman–Crippen LogP) is 1.16. The van der Waals surface area contributed by atoms with Gasteiger partial charge in [0, 0.05) is 24.5 Å². The lowest BCUT2D eigenvalue weighted by Crippen LogP contribution is -2.29. The van der Waals surface area contributed by atoms with Gasteiger partial charge in [-0.3, -0.25) is 0 Å². The van der Waals surface area contributed by atoms with E-state index in [0.717, 1.165) is 25.3 Å². The van der Waals surface area contributed by atoms with Crippen LogP contribution in [0.5, 0.6) is 0 Å². The molecule has 10 heavy (non-hydrogen) atoms. The van der Waals surface area contributed by atoms with Crippen LogP contribution in [0.1, 0.15) is 26.2 Å². The third-order valence-corrected chi connectivity index (χ3v) is 3.43. The van der Waals surface area contributed by atoms with Crippen molar-refractivity contribution in [1.29, 1.82) is 0 Å². The van der Waals surface area contributed by atoms with Gasteiger partial charge in [-0.1, -0.05) is 6.92 Å². The van der Waals surface area contributed by atoms with E-state index in [1.54, 1.807) is 0 Å². The molecule has 0 radical (unpaired) electrons. The molecule has 1 heterocycles. The Bertz CT molecular complexity index is 93.6. The number of hydrogen-bond donors (Lipinski definition) is 0. The fourth-order valence-electron chi connectivity index (χ4n) is 1.20. The average molecular weight is 161 g/mol. The topological polar surface area (TPSA) is 26.3 Å². The van der Waals surface area contributed by atoms with E-state index in [9.17, 15) is 4.55 Å². The summed E-state index contributed by atoms with van der Waals surface area (Å²) in [5.74, 6) is 0.847. The van der Waals surface area contributed by atoms with Crippen LogP contribution in [0, 0.1) is 0 Å². The van der Waals surface area contributed by atoms with Gasteiger partial charge in [0.2, 0.25) is 0 Å². The molecule has 0 saturated carbocycles. The van der Waals surface area contributed by atoms with Crippen LogP contribution in [-0.4, -0.2) is 27.7 Å². The Balaban J connectivity index is 2.18. The summed E-state index contributed by atoms with van der Waals surface area (Å²) in [4.78, 5) is 0. The number of hydrogen-bond acceptors (Lipinski definition) is 2. The van der Waals surface area contributed by atoms with Gasteiger partial charge in [-0.2, -0.15) is 0 Å². The molecule has 1 rings (SSSR count). The van der Waals surface area contributed by atoms with E-state index in [2.05, 4.69) is 11.2 Å². The van der Waals surface area contributed by atoms with Crippen LogP contribution in [-0.2, 0) is 11.4 Å². The van der Waals surface area contributed by atoms with Crippen molar-refractivity contribution in [2.24, 2.45) is 0 Å². The molecule has 0 aromatic carbocycles. The van der Waals surface area contributed by atoms with Crippen LogP contribution in [0.2, 0.25) is 0 Å². The number of rotatable bonds is 3. The normalized spacial score (nSPS) is 23.4. The summed E-state index contributed by atoms with van der Waals surface area (Å²) in [5.41, 5.74) is 0. The molecule has 0 amide bonds. The van der Waals surface area contributed by atoms with Crippen molar-refractivity contribution in [3.8, 4) is 0 Å². The Hall–Kier alpha value is 0.270. The summed E-state index contributed by atoms with van der Waals surface area (Å²) in [6, 6.07) is 0. The van der Waals surface area contributed by atoms with E-state index < -0.39 is 11.4 Å². The maximum atomic E-state index is 11.3. The van der Waals surface area contributed by atoms with Gasteiger partial charge in [-0.05, 0) is 19.3 Å². The summed E-state index contributed by atoms with van der Waals surface area (Å²) in [6.45, 7) is 4.17. The molecule has 1 saturated heterocycles. The van der Waals surface area contributed by atoms with Crippen molar-refractivity contribution in [2.75, 3.05) is 18.8 Å². The zero-order valence-electron chi connectivity index (χ0n) is 6.51. The molecule has 0 bridgehead atoms. The molecule has 1 aliphatic heterocycles. The Labute approximate surface area is 65.9 Å². The van der Waals surface area contributed by atoms with Crippen LogP contribution in [0.15, 0.2) is 0 Å². The van der Waals surface area contributed by atoms with Gasteiger partial charge in [0.25, 0.3) is 0 Å². The summed E-state index contributed by atoms with van der Waals surface area (Å²) in [7, 11) is 0. The minimum absolute atomic E-state index is 0.662. The van der Waals surface area contributed by atoms with Gasteiger partial charge in [-0.15, -0.1) is 4.31 Å². The first kappa shape index (κ1) is 8.37. The van der Waals surface area contributed by atoms with Gasteiger partial charge >= 0.3 is 0 Å². The SMILES string of the molecule is CCC[S+]([O-])N1CCCC1. The maximum absolute atomic E-state index is 11.3. The summed E-state index contributed by atoms with van der Waals surface area (Å²) in [6.07, 6.45) is 3.49. The smallest absolute Gasteiger partial charge is 0.125 e. The third kappa shape index (κ3) is 2.15. The van der Waals surface area contributed by atoms with Gasteiger partial charge in [0.05, 0.1) is 0 Å². The van der Waals surface area contributed by atoms with Crippen molar-refractivity contribution in [3.63, 3.8) is 0 Å². The molecule has 1 fully saturated rings. The quantitative estimate of drug-likeness (QED) is 0.580. The van der Waals surface area contributed by atoms with E-state index in [1.165, 1.54) is 12.8 Å². The first-order valence-electron chi connectivity index (χ1n) is 3.98. The van der Waals surface area contributed by atoms with Gasteiger partial charge in [0.15, 0.2) is 0 Å². The molecule has 0 N–H and O–H groups in total. The zero-order chi connectivity index (χ0) is 7.40. The minimum Gasteiger partial charge on any atom is -0.598 e. The second-order valence-electron chi connectivity index (χ2n) is 2.66. The first-order chi connectivity index (χ1) is 4.84. The fourth-order valence-corrected chi connectivity index (χ4v) is 2.47. The molecule has 1 atom stereocenters. The van der Waals surface area contributed by atoms with E-state index in [-0.39, 0.29) is 0 Å². The molecule has 60 valence electrons. The van der Waals surface area contributed by atoms with Crippen LogP contribution < -0.4 is 0 Å². The van der Waals surface area contributed by atoms with Gasteiger partial charge in [0.1, 0.15) is 5.75 Å². The Morgan fingerprint density at radius 1 is 1.40 bits per heavy atom. The highest BCUT2D eigenvalue weighted by Crippen LogP contribution is 2.13. The maximum Gasteiger partial charge on any atom is 0.125 e. The monoisotopic (exact) mass is 161 g/mol. The largest absolute Gasteiger partial charge is 0.598 e. The second-order valence-corrected chi connectivity index (χ2v) is 4.23. The molecule has 2 nitrogen and oxygen atoms in total. The van der Waals surface area contributed by atoms with Crippen LogP contribution in [0.25, 0.3) is 0 Å². The zero-order valence-corrected chi connectivity index (χ0v) is 7.32. The molecule has 0 aromatic heterocycles. The lowest BCUT2D eigenvalue weighted by molar-refractivity contribution is 0.476. The van der Waals surface area contributed by atoms with Crippen molar-refractivity contribution in [3.05, 3.63) is 0 Å². The summed E-state index contributed by atoms with van der Waals surface area (Å²) >= 11 is -0.662. The summed E-state index contributed by atoms with van der Waals surface area (Å²) < 4.78 is 13.4. The standard InChI is InChI=1S/C7H15NOS/c1-2-7-10(9)8-5-3-4-6-8/h2-7H2,1H3. The number of nitrogens with zero attached hydrogens (tertiary/aromatic N) is 1. The third-order valence-electron chi connectivity index (χ3n) is 1.73. The van der Waals surface area contributed by atoms with Gasteiger partial charge < -0.3 is 4.55 Å². The molecule has 0 spiro atoms. The van der Waals surface area contributed by atoms with Crippen molar-refractivity contribution in [2.45, 2.75) is 26.2 Å². The van der Waals surface area contributed by atoms with E-state index in [4.69, 9.17) is 0 Å². The van der Waals surface area contributed by atoms with E-state index >= 15 is 0 Å². The van der Waals surface area contributed by atoms with Crippen molar-refractivity contribution < 1.29 is 4.55 Å². The highest BCUT2D eigenvalue weighted by Gasteiger charge is 2.21. The van der Waals surface area contributed by atoms with Crippen LogP contribution in [0.3, 0.4) is 0 Å². The lowest BCUT2D eigenvalue weighted by Gasteiger charge is -2.18. The second kappa shape index (κ2) is 4.21. The molecule has 1 aliphatic rings. The van der Waals surface area contributed by atoms with E-state index in [0.29, 0.717) is 0 Å². The molecule has 0 aliphatic carbocycles. The molecule has 0 aromatic rings. The average Bonchev–Trinajstić information content (AvgIpc) is 2.38. The van der Waals surface area contributed by atoms with Gasteiger partial charge in [-0.25, -0.2) is 0 Å². The Morgan fingerprint density at radius 3 is 2.50 bits per heavy atom. The molecule has 1 unspecified atom stereocenters. The Kier molecular flexibility index (Phi) is 3.52. The first-order valence-corrected chi connectivity index (χ1v) is 5.25. The Morgan fingerprint density at radius 2 is 2.00 bits per heavy atom. The van der Waals surface area contributed by atoms with E-state index in [1.807, 2.05) is 0 Å². The van der Waals surface area contributed by atoms with Crippen LogP contribution >= 0.6 is 0 Å². The highest BCUT2D eigenvalue weighted by atomic mass is 32.2. The molecule has 3 heteroatoms.